The molecule has 3 aromatic rings. The minimum Gasteiger partial charge on any atom is -0.507 e. The number of ketones is 1. The predicted molar refractivity (Wildman–Crippen MR) is 103 cm³/mol. The first-order chi connectivity index (χ1) is 13.0. The van der Waals surface area contributed by atoms with Gasteiger partial charge in [-0.05, 0) is 59.0 Å². The molecule has 1 unspecified atom stereocenters. The number of nitrogens with zero attached hydrogens (tertiary/aromatic N) is 3. The lowest BCUT2D eigenvalue weighted by molar-refractivity contribution is -0.132. The molecule has 2 aromatic heterocycles. The van der Waals surface area contributed by atoms with Crippen LogP contribution in [0.1, 0.15) is 17.4 Å². The van der Waals surface area contributed by atoms with E-state index < -0.39 is 29.3 Å². The smallest absolute Gasteiger partial charge is 0.302 e. The largest absolute Gasteiger partial charge is 0.507 e. The first-order valence-corrected chi connectivity index (χ1v) is 9.51. The molecule has 27 heavy (non-hydrogen) atoms. The number of aromatic nitrogens is 2. The van der Waals surface area contributed by atoms with Crippen LogP contribution in [0.15, 0.2) is 51.9 Å². The van der Waals surface area contributed by atoms with E-state index in [2.05, 4.69) is 10.2 Å². The Kier molecular flexibility index (Phi) is 4.52. The van der Waals surface area contributed by atoms with Gasteiger partial charge in [0.1, 0.15) is 28.9 Å². The molecule has 0 radical (unpaired) electrons. The average Bonchev–Trinajstić information content (AvgIpc) is 3.37. The number of carbonyl (C=O) groups is 2. The van der Waals surface area contributed by atoms with Crippen LogP contribution in [0.2, 0.25) is 0 Å². The summed E-state index contributed by atoms with van der Waals surface area (Å²) in [5.74, 6) is -2.36. The van der Waals surface area contributed by atoms with Crippen LogP contribution in [0.4, 0.5) is 9.52 Å². The lowest BCUT2D eigenvalue weighted by atomic mass is 9.99. The Hall–Kier alpha value is -2.60. The van der Waals surface area contributed by atoms with Gasteiger partial charge in [-0.25, -0.2) is 4.39 Å². The number of amides is 1. The molecule has 0 spiro atoms. The number of furan rings is 1. The van der Waals surface area contributed by atoms with Gasteiger partial charge in [0.05, 0.1) is 5.57 Å². The molecule has 1 atom stereocenters. The van der Waals surface area contributed by atoms with Crippen molar-refractivity contribution >= 4 is 56.5 Å². The number of hydrogen-bond donors (Lipinski definition) is 1. The second kappa shape index (κ2) is 6.85. The van der Waals surface area contributed by atoms with Crippen LogP contribution < -0.4 is 4.90 Å². The van der Waals surface area contributed by atoms with Crippen molar-refractivity contribution in [3.8, 4) is 0 Å². The molecule has 1 fully saturated rings. The molecule has 1 aliphatic rings. The third kappa shape index (κ3) is 3.04. The molecule has 10 heteroatoms. The van der Waals surface area contributed by atoms with Crippen molar-refractivity contribution < 1.29 is 23.5 Å². The van der Waals surface area contributed by atoms with Crippen molar-refractivity contribution in [1.82, 2.24) is 10.2 Å². The Balaban J connectivity index is 1.93. The Morgan fingerprint density at radius 1 is 1.22 bits per heavy atom. The van der Waals surface area contributed by atoms with Gasteiger partial charge in [-0.15, -0.1) is 10.2 Å². The number of carbonyl (C=O) groups excluding carboxylic acids is 2. The zero-order valence-electron chi connectivity index (χ0n) is 13.3. The molecule has 3 heterocycles. The second-order valence-corrected chi connectivity index (χ2v) is 7.41. The number of hydrogen-bond acceptors (Lipinski definition) is 7. The lowest BCUT2D eigenvalue weighted by Gasteiger charge is -2.20. The van der Waals surface area contributed by atoms with Crippen molar-refractivity contribution in [2.45, 2.75) is 6.04 Å². The summed E-state index contributed by atoms with van der Waals surface area (Å²) in [7, 11) is 0. The van der Waals surface area contributed by atoms with E-state index in [0.717, 1.165) is 28.4 Å². The highest BCUT2D eigenvalue weighted by Crippen LogP contribution is 2.42. The highest BCUT2D eigenvalue weighted by molar-refractivity contribution is 14.1. The molecular formula is C17H9FIN3O4S. The Morgan fingerprint density at radius 3 is 2.56 bits per heavy atom. The number of aliphatic hydroxyl groups excluding tert-OH is 1. The zero-order chi connectivity index (χ0) is 19.1. The number of rotatable bonds is 3. The van der Waals surface area contributed by atoms with E-state index in [0.29, 0.717) is 3.77 Å². The van der Waals surface area contributed by atoms with Crippen LogP contribution in [0.5, 0.6) is 0 Å². The van der Waals surface area contributed by atoms with Crippen molar-refractivity contribution in [3.05, 3.63) is 68.4 Å². The van der Waals surface area contributed by atoms with Gasteiger partial charge >= 0.3 is 5.91 Å². The Labute approximate surface area is 169 Å². The zero-order valence-corrected chi connectivity index (χ0v) is 16.3. The summed E-state index contributed by atoms with van der Waals surface area (Å²) in [6, 6.07) is 7.24. The fourth-order valence-electron chi connectivity index (χ4n) is 2.81. The Bertz CT molecular complexity index is 1060. The molecule has 0 bridgehead atoms. The van der Waals surface area contributed by atoms with Gasteiger partial charge in [0.2, 0.25) is 5.13 Å². The highest BCUT2D eigenvalue weighted by Gasteiger charge is 2.49. The highest BCUT2D eigenvalue weighted by atomic mass is 127. The summed E-state index contributed by atoms with van der Waals surface area (Å²) in [6.07, 6.45) is 0. The molecular weight excluding hydrogens is 488 g/mol. The number of anilines is 1. The number of aliphatic hydroxyl groups is 1. The Morgan fingerprint density at radius 2 is 1.96 bits per heavy atom. The summed E-state index contributed by atoms with van der Waals surface area (Å²) in [6.45, 7) is 0. The minimum atomic E-state index is -1.01. The van der Waals surface area contributed by atoms with Gasteiger partial charge in [0, 0.05) is 5.56 Å². The molecule has 7 nitrogen and oxygen atoms in total. The molecule has 0 aliphatic carbocycles. The van der Waals surface area contributed by atoms with Crippen LogP contribution >= 0.6 is 33.9 Å². The fraction of sp³-hybridized carbons (Fsp3) is 0.0588. The first-order valence-electron chi connectivity index (χ1n) is 7.55. The molecule has 1 aromatic carbocycles. The molecule has 1 aliphatic heterocycles. The maximum absolute atomic E-state index is 13.2. The van der Waals surface area contributed by atoms with Crippen molar-refractivity contribution in [3.63, 3.8) is 0 Å². The van der Waals surface area contributed by atoms with E-state index in [1.807, 2.05) is 22.6 Å². The summed E-state index contributed by atoms with van der Waals surface area (Å²) in [5.41, 5.74) is 1.47. The third-order valence-electron chi connectivity index (χ3n) is 3.98. The second-order valence-electron chi connectivity index (χ2n) is 5.54. The van der Waals surface area contributed by atoms with E-state index in [1.54, 1.807) is 12.1 Å². The normalized spacial score (nSPS) is 19.0. The van der Waals surface area contributed by atoms with Crippen LogP contribution in [0, 0.1) is 9.58 Å². The molecule has 0 saturated carbocycles. The van der Waals surface area contributed by atoms with E-state index in [1.165, 1.54) is 17.6 Å². The summed E-state index contributed by atoms with van der Waals surface area (Å²) in [4.78, 5) is 26.5. The SMILES string of the molecule is O=C1C(=O)N(c2nncs2)C(c2ccc(I)o2)/C1=C(\O)c1ccc(F)cc1. The maximum atomic E-state index is 13.2. The maximum Gasteiger partial charge on any atom is 0.302 e. The minimum absolute atomic E-state index is 0.160. The number of halogens is 2. The van der Waals surface area contributed by atoms with Gasteiger partial charge in [-0.3, -0.25) is 14.5 Å². The standard InChI is InChI=1S/C17H9FIN3O4S/c18-9-3-1-8(2-4-9)14(23)12-13(10-5-6-11(19)26-10)22(16(25)15(12)24)17-21-20-7-27-17/h1-7,13,23H/b14-12+. The first kappa shape index (κ1) is 17.8. The average molecular weight is 497 g/mol. The van der Waals surface area contributed by atoms with E-state index in [4.69, 9.17) is 4.42 Å². The van der Waals surface area contributed by atoms with Crippen molar-refractivity contribution in [1.29, 1.82) is 0 Å². The summed E-state index contributed by atoms with van der Waals surface area (Å²) >= 11 is 3.03. The van der Waals surface area contributed by atoms with Crippen molar-refractivity contribution in [2.75, 3.05) is 4.90 Å². The molecule has 1 N–H and O–H groups in total. The van der Waals surface area contributed by atoms with Crippen LogP contribution in [-0.4, -0.2) is 27.0 Å². The summed E-state index contributed by atoms with van der Waals surface area (Å²) < 4.78 is 19.4. The molecule has 136 valence electrons. The number of Topliss-reactive ketones (excluding diaryl/α,β-unsaturated/α-hetero) is 1. The monoisotopic (exact) mass is 497 g/mol. The predicted octanol–water partition coefficient (Wildman–Crippen LogP) is 3.50. The fourth-order valence-corrected chi connectivity index (χ4v) is 3.83. The van der Waals surface area contributed by atoms with Crippen molar-refractivity contribution in [2.24, 2.45) is 0 Å². The summed E-state index contributed by atoms with van der Waals surface area (Å²) in [5, 5.41) is 18.5. The van der Waals surface area contributed by atoms with Crippen LogP contribution in [0.3, 0.4) is 0 Å². The topological polar surface area (TPSA) is 96.5 Å². The molecule has 4 rings (SSSR count). The third-order valence-corrected chi connectivity index (χ3v) is 5.25. The van der Waals surface area contributed by atoms with E-state index >= 15 is 0 Å². The van der Waals surface area contributed by atoms with Gasteiger partial charge in [-0.1, -0.05) is 11.3 Å². The molecule has 1 amide bonds. The van der Waals surface area contributed by atoms with Crippen LogP contribution in [0.25, 0.3) is 5.76 Å². The quantitative estimate of drug-likeness (QED) is 0.258. The van der Waals surface area contributed by atoms with Crippen LogP contribution in [-0.2, 0) is 9.59 Å². The van der Waals surface area contributed by atoms with Gasteiger partial charge in [0.15, 0.2) is 3.77 Å². The van der Waals surface area contributed by atoms with E-state index in [9.17, 15) is 19.1 Å². The lowest BCUT2D eigenvalue weighted by Crippen LogP contribution is -2.29. The van der Waals surface area contributed by atoms with E-state index in [-0.39, 0.29) is 22.0 Å². The molecule has 1 saturated heterocycles. The number of benzene rings is 1. The van der Waals surface area contributed by atoms with Gasteiger partial charge in [0.25, 0.3) is 5.78 Å². The van der Waals surface area contributed by atoms with Gasteiger partial charge < -0.3 is 9.52 Å². The van der Waals surface area contributed by atoms with Gasteiger partial charge in [-0.2, -0.15) is 0 Å².